The molecule has 3 aliphatic rings. The fourth-order valence-electron chi connectivity index (χ4n) is 4.56. The molecule has 2 unspecified atom stereocenters. The van der Waals surface area contributed by atoms with Gasteiger partial charge in [-0.1, -0.05) is 12.1 Å². The molecular formula is C18H15N3O4. The number of ether oxygens (including phenoxy) is 1. The molecule has 25 heavy (non-hydrogen) atoms. The molecule has 7 heteroatoms. The van der Waals surface area contributed by atoms with Gasteiger partial charge in [0.1, 0.15) is 17.5 Å². The van der Waals surface area contributed by atoms with Crippen LogP contribution in [0.5, 0.6) is 0 Å². The molecule has 2 aromatic rings. The number of benzene rings is 1. The maximum atomic E-state index is 12.7. The number of carbonyl (C=O) groups is 3. The second-order valence-corrected chi connectivity index (χ2v) is 6.99. The van der Waals surface area contributed by atoms with Crippen molar-refractivity contribution < 1.29 is 19.1 Å². The minimum Gasteiger partial charge on any atom is -0.357 e. The topological polar surface area (TPSA) is 89.5 Å². The van der Waals surface area contributed by atoms with Crippen molar-refractivity contribution in [3.05, 3.63) is 35.7 Å². The fraction of sp³-hybridized carbons (Fsp3) is 0.389. The number of rotatable bonds is 2. The van der Waals surface area contributed by atoms with E-state index < -0.39 is 23.5 Å². The minimum absolute atomic E-state index is 0.0115. The first-order valence-electron chi connectivity index (χ1n) is 8.20. The van der Waals surface area contributed by atoms with E-state index in [1.165, 1.54) is 14.0 Å². The molecule has 2 fully saturated rings. The molecule has 0 radical (unpaired) electrons. The van der Waals surface area contributed by atoms with E-state index in [-0.39, 0.29) is 24.0 Å². The number of likely N-dealkylation sites (tertiary alicyclic amines) is 1. The lowest BCUT2D eigenvalue weighted by Crippen LogP contribution is -2.41. The summed E-state index contributed by atoms with van der Waals surface area (Å²) < 4.78 is 6.15. The number of Topliss-reactive ketones (excluding diaryl/α,β-unsaturated/α-hetero) is 1. The molecule has 4 heterocycles. The van der Waals surface area contributed by atoms with Gasteiger partial charge in [0.25, 0.3) is 0 Å². The smallest absolute Gasteiger partial charge is 0.236 e. The summed E-state index contributed by atoms with van der Waals surface area (Å²) in [7, 11) is 1.48. The number of nitrogens with zero attached hydrogens (tertiary/aromatic N) is 3. The van der Waals surface area contributed by atoms with Gasteiger partial charge >= 0.3 is 0 Å². The molecule has 2 amide bonds. The van der Waals surface area contributed by atoms with Crippen LogP contribution in [0, 0.1) is 11.8 Å². The second-order valence-electron chi connectivity index (χ2n) is 6.99. The maximum Gasteiger partial charge on any atom is 0.236 e. The molecule has 1 aromatic heterocycles. The highest BCUT2D eigenvalue weighted by Crippen LogP contribution is 2.64. The van der Waals surface area contributed by atoms with Crippen LogP contribution in [0.4, 0.5) is 0 Å². The van der Waals surface area contributed by atoms with Gasteiger partial charge in [0.15, 0.2) is 0 Å². The molecule has 3 aliphatic heterocycles. The van der Waals surface area contributed by atoms with Crippen molar-refractivity contribution >= 4 is 28.6 Å². The monoisotopic (exact) mass is 337 g/mol. The van der Waals surface area contributed by atoms with Crippen molar-refractivity contribution in [3.8, 4) is 0 Å². The van der Waals surface area contributed by atoms with Crippen LogP contribution in [-0.4, -0.2) is 39.5 Å². The fourth-order valence-corrected chi connectivity index (χ4v) is 4.56. The summed E-state index contributed by atoms with van der Waals surface area (Å²) >= 11 is 0. The quantitative estimate of drug-likeness (QED) is 0.763. The van der Waals surface area contributed by atoms with Crippen LogP contribution in [0.25, 0.3) is 11.0 Å². The molecule has 0 aliphatic carbocycles. The second kappa shape index (κ2) is 4.49. The summed E-state index contributed by atoms with van der Waals surface area (Å²) in [5.74, 6) is -2.02. The Morgan fingerprint density at radius 3 is 2.56 bits per heavy atom. The summed E-state index contributed by atoms with van der Waals surface area (Å²) in [4.78, 5) is 47.8. The maximum absolute atomic E-state index is 12.7. The van der Waals surface area contributed by atoms with Gasteiger partial charge in [0.05, 0.1) is 34.3 Å². The first-order chi connectivity index (χ1) is 11.9. The van der Waals surface area contributed by atoms with Crippen LogP contribution in [0.3, 0.4) is 0 Å². The Hall–Kier alpha value is -2.67. The number of hydrogen-bond acceptors (Lipinski definition) is 6. The molecule has 0 N–H and O–H groups in total. The van der Waals surface area contributed by atoms with E-state index >= 15 is 0 Å². The van der Waals surface area contributed by atoms with Gasteiger partial charge in [-0.05, 0) is 19.1 Å². The lowest BCUT2D eigenvalue weighted by Gasteiger charge is -2.30. The Morgan fingerprint density at radius 1 is 1.20 bits per heavy atom. The summed E-state index contributed by atoms with van der Waals surface area (Å²) in [6.45, 7) is 1.46. The Labute approximate surface area is 143 Å². The minimum atomic E-state index is -1.19. The SMILES string of the molecule is CC(=O)C[C@]12O[C@H](c3nc4ccccc4nc31)C1C(=O)N(C)C(=O)C12. The largest absolute Gasteiger partial charge is 0.357 e. The van der Waals surface area contributed by atoms with Crippen molar-refractivity contribution in [2.24, 2.45) is 11.8 Å². The van der Waals surface area contributed by atoms with E-state index in [1.807, 2.05) is 24.3 Å². The van der Waals surface area contributed by atoms with E-state index in [0.717, 1.165) is 4.90 Å². The molecular weight excluding hydrogens is 322 g/mol. The summed E-state index contributed by atoms with van der Waals surface area (Å²) in [5, 5.41) is 0. The van der Waals surface area contributed by atoms with Gasteiger partial charge < -0.3 is 4.74 Å². The molecule has 0 spiro atoms. The number of hydrogen-bond donors (Lipinski definition) is 0. The van der Waals surface area contributed by atoms with E-state index in [1.54, 1.807) is 0 Å². The summed E-state index contributed by atoms with van der Waals surface area (Å²) in [6, 6.07) is 7.40. The third-order valence-electron chi connectivity index (χ3n) is 5.52. The molecule has 5 rings (SSSR count). The summed E-state index contributed by atoms with van der Waals surface area (Å²) in [5.41, 5.74) is 1.31. The van der Waals surface area contributed by atoms with Crippen molar-refractivity contribution in [2.75, 3.05) is 7.05 Å². The van der Waals surface area contributed by atoms with Crippen LogP contribution in [-0.2, 0) is 24.7 Å². The number of carbonyl (C=O) groups excluding carboxylic acids is 3. The number of imide groups is 1. The highest BCUT2D eigenvalue weighted by Gasteiger charge is 2.72. The third-order valence-corrected chi connectivity index (χ3v) is 5.52. The van der Waals surface area contributed by atoms with Crippen LogP contribution < -0.4 is 0 Å². The first kappa shape index (κ1) is 14.7. The Kier molecular flexibility index (Phi) is 2.63. The van der Waals surface area contributed by atoms with E-state index in [9.17, 15) is 14.4 Å². The molecule has 2 saturated heterocycles. The average Bonchev–Trinajstić information content (AvgIpc) is 3.15. The Morgan fingerprint density at radius 2 is 1.88 bits per heavy atom. The molecule has 1 aromatic carbocycles. The third kappa shape index (κ3) is 1.61. The standard InChI is InChI=1S/C18H15N3O4/c1-8(22)7-18-12-11(16(23)21(2)17(12)24)14(25-18)13-15(18)20-10-6-4-3-5-9(10)19-13/h3-6,11-12,14H,7H2,1-2H3/t11?,12?,14-,18+/m0/s1. The highest BCUT2D eigenvalue weighted by atomic mass is 16.5. The van der Waals surface area contributed by atoms with Gasteiger partial charge in [-0.15, -0.1) is 0 Å². The normalized spacial score (nSPS) is 32.4. The van der Waals surface area contributed by atoms with E-state index in [2.05, 4.69) is 9.97 Å². The molecule has 126 valence electrons. The summed E-state index contributed by atoms with van der Waals surface area (Å²) in [6.07, 6.45) is -0.616. The zero-order valence-corrected chi connectivity index (χ0v) is 13.7. The number of ketones is 1. The molecule has 2 bridgehead atoms. The lowest BCUT2D eigenvalue weighted by atomic mass is 9.71. The average molecular weight is 337 g/mol. The predicted octanol–water partition coefficient (Wildman–Crippen LogP) is 1.12. The Bertz CT molecular complexity index is 987. The zero-order chi connectivity index (χ0) is 17.5. The van der Waals surface area contributed by atoms with E-state index in [4.69, 9.17) is 4.74 Å². The van der Waals surface area contributed by atoms with Crippen LogP contribution >= 0.6 is 0 Å². The predicted molar refractivity (Wildman–Crippen MR) is 85.1 cm³/mol. The van der Waals surface area contributed by atoms with Gasteiger partial charge in [-0.3, -0.25) is 19.3 Å². The van der Waals surface area contributed by atoms with Gasteiger partial charge in [-0.2, -0.15) is 0 Å². The van der Waals surface area contributed by atoms with Crippen molar-refractivity contribution in [1.29, 1.82) is 0 Å². The first-order valence-corrected chi connectivity index (χ1v) is 8.20. The van der Waals surface area contributed by atoms with Gasteiger partial charge in [-0.25, -0.2) is 9.97 Å². The van der Waals surface area contributed by atoms with Crippen LogP contribution in [0.15, 0.2) is 24.3 Å². The number of fused-ring (bicyclic) bond motifs is 9. The zero-order valence-electron chi connectivity index (χ0n) is 13.7. The number of amides is 2. The van der Waals surface area contributed by atoms with Crippen molar-refractivity contribution in [2.45, 2.75) is 25.0 Å². The lowest BCUT2D eigenvalue weighted by molar-refractivity contribution is -0.146. The van der Waals surface area contributed by atoms with Crippen LogP contribution in [0.2, 0.25) is 0 Å². The van der Waals surface area contributed by atoms with Crippen molar-refractivity contribution in [1.82, 2.24) is 14.9 Å². The molecule has 4 atom stereocenters. The highest BCUT2D eigenvalue weighted by molar-refractivity contribution is 6.07. The van der Waals surface area contributed by atoms with Gasteiger partial charge in [0, 0.05) is 13.5 Å². The van der Waals surface area contributed by atoms with E-state index in [0.29, 0.717) is 22.4 Å². The molecule has 0 saturated carbocycles. The van der Waals surface area contributed by atoms with Gasteiger partial charge in [0.2, 0.25) is 11.8 Å². The van der Waals surface area contributed by atoms with Crippen LogP contribution in [0.1, 0.15) is 30.8 Å². The van der Waals surface area contributed by atoms with Crippen molar-refractivity contribution in [3.63, 3.8) is 0 Å². The number of aromatic nitrogens is 2. The molecule has 7 nitrogen and oxygen atoms in total. The number of para-hydroxylation sites is 2. The Balaban J connectivity index is 1.80.